The predicted molar refractivity (Wildman–Crippen MR) is 79.6 cm³/mol. The highest BCUT2D eigenvalue weighted by molar-refractivity contribution is 7.13. The van der Waals surface area contributed by atoms with Crippen LogP contribution in [0.5, 0.6) is 0 Å². The summed E-state index contributed by atoms with van der Waals surface area (Å²) in [6, 6.07) is 9.46. The van der Waals surface area contributed by atoms with Gasteiger partial charge in [-0.15, -0.1) is 11.3 Å². The van der Waals surface area contributed by atoms with Gasteiger partial charge in [-0.1, -0.05) is 17.3 Å². The van der Waals surface area contributed by atoms with Gasteiger partial charge in [-0.25, -0.2) is 0 Å². The third kappa shape index (κ3) is 3.55. The minimum atomic E-state index is -0.0927. The molecule has 0 unspecified atom stereocenters. The molecule has 1 amide bonds. The SMILES string of the molecule is O=C(Cc1cc(-c2cccs2)on1)NCc1cccnc1. The Labute approximate surface area is 125 Å². The van der Waals surface area contributed by atoms with Crippen molar-refractivity contribution >= 4 is 17.2 Å². The summed E-state index contributed by atoms with van der Waals surface area (Å²) in [6.07, 6.45) is 3.63. The van der Waals surface area contributed by atoms with Gasteiger partial charge in [-0.3, -0.25) is 9.78 Å². The number of rotatable bonds is 5. The molecular weight excluding hydrogens is 286 g/mol. The highest BCUT2D eigenvalue weighted by atomic mass is 32.1. The molecule has 0 fully saturated rings. The van der Waals surface area contributed by atoms with Gasteiger partial charge in [0.05, 0.1) is 17.0 Å². The second-order valence-corrected chi connectivity index (χ2v) is 5.42. The Balaban J connectivity index is 1.55. The maximum atomic E-state index is 11.9. The molecule has 3 heterocycles. The van der Waals surface area contributed by atoms with Crippen molar-refractivity contribution in [3.8, 4) is 10.6 Å². The fraction of sp³-hybridized carbons (Fsp3) is 0.133. The van der Waals surface area contributed by atoms with Crippen LogP contribution in [0.3, 0.4) is 0 Å². The Bertz CT molecular complexity index is 708. The Morgan fingerprint density at radius 1 is 1.33 bits per heavy atom. The first-order valence-corrected chi connectivity index (χ1v) is 7.34. The maximum absolute atomic E-state index is 11.9. The number of thiophene rings is 1. The molecule has 3 rings (SSSR count). The summed E-state index contributed by atoms with van der Waals surface area (Å²) in [7, 11) is 0. The van der Waals surface area contributed by atoms with Crippen molar-refractivity contribution in [1.82, 2.24) is 15.5 Å². The van der Waals surface area contributed by atoms with E-state index in [0.29, 0.717) is 18.0 Å². The van der Waals surface area contributed by atoms with Gasteiger partial charge in [0.1, 0.15) is 0 Å². The Kier molecular flexibility index (Phi) is 4.07. The predicted octanol–water partition coefficient (Wildman–Crippen LogP) is 2.66. The van der Waals surface area contributed by atoms with Crippen molar-refractivity contribution in [3.63, 3.8) is 0 Å². The summed E-state index contributed by atoms with van der Waals surface area (Å²) in [4.78, 5) is 16.9. The number of nitrogens with zero attached hydrogens (tertiary/aromatic N) is 2. The van der Waals surface area contributed by atoms with Gasteiger partial charge in [0, 0.05) is 25.0 Å². The lowest BCUT2D eigenvalue weighted by atomic mass is 10.2. The van der Waals surface area contributed by atoms with Gasteiger partial charge in [-0.05, 0) is 23.1 Å². The fourth-order valence-corrected chi connectivity index (χ4v) is 2.53. The molecule has 3 aromatic heterocycles. The van der Waals surface area contributed by atoms with E-state index >= 15 is 0 Å². The molecule has 0 aliphatic heterocycles. The highest BCUT2D eigenvalue weighted by Gasteiger charge is 2.11. The summed E-state index contributed by atoms with van der Waals surface area (Å²) >= 11 is 1.57. The lowest BCUT2D eigenvalue weighted by Gasteiger charge is -2.02. The lowest BCUT2D eigenvalue weighted by molar-refractivity contribution is -0.120. The van der Waals surface area contributed by atoms with E-state index in [2.05, 4.69) is 15.5 Å². The second kappa shape index (κ2) is 6.32. The van der Waals surface area contributed by atoms with Gasteiger partial charge in [0.2, 0.25) is 5.91 Å². The van der Waals surface area contributed by atoms with E-state index in [-0.39, 0.29) is 12.3 Å². The largest absolute Gasteiger partial charge is 0.355 e. The number of amides is 1. The summed E-state index contributed by atoms with van der Waals surface area (Å²) in [6.45, 7) is 0.461. The molecule has 0 saturated carbocycles. The van der Waals surface area contributed by atoms with Crippen LogP contribution in [0.4, 0.5) is 0 Å². The molecule has 0 radical (unpaired) electrons. The maximum Gasteiger partial charge on any atom is 0.226 e. The van der Waals surface area contributed by atoms with Crippen LogP contribution in [0.25, 0.3) is 10.6 Å². The van der Waals surface area contributed by atoms with Crippen LogP contribution >= 0.6 is 11.3 Å². The molecule has 0 spiro atoms. The van der Waals surface area contributed by atoms with Crippen molar-refractivity contribution in [3.05, 3.63) is 59.4 Å². The smallest absolute Gasteiger partial charge is 0.226 e. The Morgan fingerprint density at radius 2 is 2.29 bits per heavy atom. The number of carbonyl (C=O) groups excluding carboxylic acids is 1. The van der Waals surface area contributed by atoms with E-state index in [4.69, 9.17) is 4.52 Å². The van der Waals surface area contributed by atoms with Crippen LogP contribution in [-0.2, 0) is 17.8 Å². The minimum Gasteiger partial charge on any atom is -0.355 e. The van der Waals surface area contributed by atoms with Crippen LogP contribution in [0, 0.1) is 0 Å². The van der Waals surface area contributed by atoms with Crippen LogP contribution in [-0.4, -0.2) is 16.0 Å². The third-order valence-electron chi connectivity index (χ3n) is 2.88. The van der Waals surface area contributed by atoms with Gasteiger partial charge < -0.3 is 9.84 Å². The highest BCUT2D eigenvalue weighted by Crippen LogP contribution is 2.25. The number of nitrogens with one attached hydrogen (secondary N) is 1. The van der Waals surface area contributed by atoms with E-state index in [9.17, 15) is 4.79 Å². The minimum absolute atomic E-state index is 0.0927. The van der Waals surface area contributed by atoms with Crippen molar-refractivity contribution < 1.29 is 9.32 Å². The van der Waals surface area contributed by atoms with Crippen molar-refractivity contribution in [2.24, 2.45) is 0 Å². The first kappa shape index (κ1) is 13.5. The number of hydrogen-bond acceptors (Lipinski definition) is 5. The van der Waals surface area contributed by atoms with Crippen LogP contribution < -0.4 is 5.32 Å². The molecule has 0 aliphatic carbocycles. The van der Waals surface area contributed by atoms with E-state index in [0.717, 1.165) is 10.4 Å². The van der Waals surface area contributed by atoms with Crippen molar-refractivity contribution in [2.45, 2.75) is 13.0 Å². The summed E-state index contributed by atoms with van der Waals surface area (Å²) < 4.78 is 5.24. The average molecular weight is 299 g/mol. The molecule has 106 valence electrons. The topological polar surface area (TPSA) is 68.0 Å². The molecule has 3 aromatic rings. The van der Waals surface area contributed by atoms with Crippen LogP contribution in [0.1, 0.15) is 11.3 Å². The fourth-order valence-electron chi connectivity index (χ4n) is 1.86. The molecule has 0 bridgehead atoms. The zero-order chi connectivity index (χ0) is 14.5. The zero-order valence-electron chi connectivity index (χ0n) is 11.2. The monoisotopic (exact) mass is 299 g/mol. The molecule has 5 nitrogen and oxygen atoms in total. The molecular formula is C15H13N3O2S. The molecule has 0 atom stereocenters. The third-order valence-corrected chi connectivity index (χ3v) is 3.76. The van der Waals surface area contributed by atoms with Crippen molar-refractivity contribution in [1.29, 1.82) is 0 Å². The lowest BCUT2D eigenvalue weighted by Crippen LogP contribution is -2.24. The number of aromatic nitrogens is 2. The van der Waals surface area contributed by atoms with E-state index in [1.54, 1.807) is 29.8 Å². The normalized spacial score (nSPS) is 10.5. The Morgan fingerprint density at radius 3 is 3.05 bits per heavy atom. The zero-order valence-corrected chi connectivity index (χ0v) is 12.0. The van der Waals surface area contributed by atoms with Gasteiger partial charge in [-0.2, -0.15) is 0 Å². The van der Waals surface area contributed by atoms with E-state index < -0.39 is 0 Å². The summed E-state index contributed by atoms with van der Waals surface area (Å²) in [5.74, 6) is 0.602. The van der Waals surface area contributed by atoms with E-state index in [1.807, 2.05) is 29.6 Å². The molecule has 0 aliphatic rings. The summed E-state index contributed by atoms with van der Waals surface area (Å²) in [5, 5.41) is 8.73. The van der Waals surface area contributed by atoms with Crippen molar-refractivity contribution in [2.75, 3.05) is 0 Å². The van der Waals surface area contributed by atoms with Crippen LogP contribution in [0.2, 0.25) is 0 Å². The first-order valence-electron chi connectivity index (χ1n) is 6.46. The van der Waals surface area contributed by atoms with Crippen LogP contribution in [0.15, 0.2) is 52.6 Å². The Hall–Kier alpha value is -2.47. The quantitative estimate of drug-likeness (QED) is 0.786. The van der Waals surface area contributed by atoms with Gasteiger partial charge in [0.15, 0.2) is 5.76 Å². The summed E-state index contributed by atoms with van der Waals surface area (Å²) in [5.41, 5.74) is 1.59. The van der Waals surface area contributed by atoms with Gasteiger partial charge in [0.25, 0.3) is 0 Å². The number of hydrogen-bond donors (Lipinski definition) is 1. The molecule has 6 heteroatoms. The molecule has 0 saturated heterocycles. The standard InChI is InChI=1S/C15H13N3O2S/c19-15(17-10-11-3-1-5-16-9-11)8-12-7-13(20-18-12)14-4-2-6-21-14/h1-7,9H,8,10H2,(H,17,19). The van der Waals surface area contributed by atoms with E-state index in [1.165, 1.54) is 0 Å². The first-order chi connectivity index (χ1) is 10.3. The average Bonchev–Trinajstić information content (AvgIpc) is 3.17. The second-order valence-electron chi connectivity index (χ2n) is 4.47. The molecule has 0 aromatic carbocycles. The number of pyridine rings is 1. The number of carbonyl (C=O) groups is 1. The molecule has 21 heavy (non-hydrogen) atoms. The van der Waals surface area contributed by atoms with Gasteiger partial charge >= 0.3 is 0 Å². The molecule has 1 N–H and O–H groups in total.